The predicted molar refractivity (Wildman–Crippen MR) is 121 cm³/mol. The van der Waals surface area contributed by atoms with Crippen LogP contribution in [0.15, 0.2) is 64.3 Å². The summed E-state index contributed by atoms with van der Waals surface area (Å²) < 4.78 is 16.2. The van der Waals surface area contributed by atoms with Gasteiger partial charge in [0.1, 0.15) is 12.4 Å². The van der Waals surface area contributed by atoms with E-state index in [0.29, 0.717) is 24.5 Å². The van der Waals surface area contributed by atoms with E-state index < -0.39 is 0 Å². The molecule has 2 aromatic carbocycles. The van der Waals surface area contributed by atoms with E-state index in [1.165, 1.54) is 7.11 Å². The number of hydrogen-bond acceptors (Lipinski definition) is 7. The first-order valence-corrected chi connectivity index (χ1v) is 10.9. The molecule has 1 aromatic heterocycles. The Morgan fingerprint density at radius 3 is 2.61 bits per heavy atom. The molecular formula is C26H24N2O5. The lowest BCUT2D eigenvalue weighted by atomic mass is 9.76. The number of benzene rings is 2. The average molecular weight is 444 g/mol. The van der Waals surface area contributed by atoms with E-state index in [-0.39, 0.29) is 17.7 Å². The molecule has 0 amide bonds. The fraction of sp³-hybridized carbons (Fsp3) is 0.269. The Kier molecular flexibility index (Phi) is 5.46. The molecule has 3 aromatic rings. The van der Waals surface area contributed by atoms with Gasteiger partial charge in [-0.05, 0) is 55.2 Å². The van der Waals surface area contributed by atoms with Crippen molar-refractivity contribution < 1.29 is 23.6 Å². The Hall–Kier alpha value is -3.87. The van der Waals surface area contributed by atoms with Crippen LogP contribution in [0.2, 0.25) is 0 Å². The van der Waals surface area contributed by atoms with Crippen molar-refractivity contribution in [1.82, 2.24) is 5.16 Å². The minimum atomic E-state index is -0.364. The average Bonchev–Trinajstić information content (AvgIpc) is 3.22. The Bertz CT molecular complexity index is 1240. The minimum absolute atomic E-state index is 0.177. The van der Waals surface area contributed by atoms with Crippen LogP contribution in [0.25, 0.3) is 0 Å². The number of fused-ring (bicyclic) bond motifs is 1. The number of nitrogens with zero attached hydrogens (tertiary/aromatic N) is 1. The molecule has 0 saturated heterocycles. The molecule has 0 radical (unpaired) electrons. The van der Waals surface area contributed by atoms with Gasteiger partial charge in [0.2, 0.25) is 5.88 Å². The standard InChI is InChI=1S/C26H24N2O5/c1-15-22-23(24-20(4-3-5-21(24)29)27-25(22)33-28-15)17-10-12-19(13-11-17)32-14-16-6-8-18(9-7-16)26(30)31-2/h6-13,23,27H,3-5,14H2,1-2H3. The van der Waals surface area contributed by atoms with E-state index in [4.69, 9.17) is 14.0 Å². The number of anilines is 1. The smallest absolute Gasteiger partial charge is 0.337 e. The van der Waals surface area contributed by atoms with E-state index in [9.17, 15) is 9.59 Å². The molecule has 5 rings (SSSR count). The molecule has 1 aliphatic carbocycles. The summed E-state index contributed by atoms with van der Waals surface area (Å²) in [4.78, 5) is 24.4. The van der Waals surface area contributed by atoms with Crippen LogP contribution in [0.4, 0.5) is 5.88 Å². The molecule has 0 saturated carbocycles. The van der Waals surface area contributed by atoms with Crippen LogP contribution in [-0.2, 0) is 16.1 Å². The van der Waals surface area contributed by atoms with Crippen LogP contribution in [0.1, 0.15) is 57.9 Å². The summed E-state index contributed by atoms with van der Waals surface area (Å²) in [6.45, 7) is 2.27. The molecule has 33 heavy (non-hydrogen) atoms. The zero-order valence-electron chi connectivity index (χ0n) is 18.5. The quantitative estimate of drug-likeness (QED) is 0.559. The number of nitrogens with one attached hydrogen (secondary N) is 1. The molecule has 2 aliphatic rings. The lowest BCUT2D eigenvalue weighted by molar-refractivity contribution is -0.116. The first kappa shape index (κ1) is 21.0. The zero-order valence-corrected chi connectivity index (χ0v) is 18.5. The van der Waals surface area contributed by atoms with Gasteiger partial charge in [-0.25, -0.2) is 4.79 Å². The van der Waals surface area contributed by atoms with Gasteiger partial charge in [-0.2, -0.15) is 0 Å². The first-order chi connectivity index (χ1) is 16.0. The van der Waals surface area contributed by atoms with Crippen molar-refractivity contribution in [3.05, 3.63) is 87.7 Å². The number of carbonyl (C=O) groups is 2. The van der Waals surface area contributed by atoms with E-state index >= 15 is 0 Å². The van der Waals surface area contributed by atoms with Gasteiger partial charge in [-0.3, -0.25) is 4.79 Å². The van der Waals surface area contributed by atoms with Crippen molar-refractivity contribution in [1.29, 1.82) is 0 Å². The number of esters is 1. The third kappa shape index (κ3) is 3.91. The maximum absolute atomic E-state index is 12.9. The highest BCUT2D eigenvalue weighted by Crippen LogP contribution is 2.46. The molecule has 0 fully saturated rings. The summed E-state index contributed by atoms with van der Waals surface area (Å²) in [6, 6.07) is 14.9. The first-order valence-electron chi connectivity index (χ1n) is 10.9. The fourth-order valence-corrected chi connectivity index (χ4v) is 4.53. The van der Waals surface area contributed by atoms with E-state index in [1.807, 2.05) is 43.3 Å². The third-order valence-corrected chi connectivity index (χ3v) is 6.20. The second-order valence-electron chi connectivity index (χ2n) is 8.28. The minimum Gasteiger partial charge on any atom is -0.489 e. The van der Waals surface area contributed by atoms with Crippen LogP contribution in [0.3, 0.4) is 0 Å². The van der Waals surface area contributed by atoms with E-state index in [0.717, 1.165) is 52.2 Å². The second kappa shape index (κ2) is 8.58. The summed E-state index contributed by atoms with van der Waals surface area (Å²) in [5.74, 6) is 0.959. The molecule has 2 heterocycles. The summed E-state index contributed by atoms with van der Waals surface area (Å²) in [7, 11) is 1.36. The fourth-order valence-electron chi connectivity index (χ4n) is 4.53. The van der Waals surface area contributed by atoms with Gasteiger partial charge in [-0.1, -0.05) is 29.4 Å². The molecule has 0 bridgehead atoms. The van der Waals surface area contributed by atoms with Crippen molar-refractivity contribution in [2.75, 3.05) is 12.4 Å². The van der Waals surface area contributed by atoms with Crippen molar-refractivity contribution in [3.8, 4) is 5.75 Å². The molecule has 0 spiro atoms. The Morgan fingerprint density at radius 1 is 1.12 bits per heavy atom. The van der Waals surface area contributed by atoms with Crippen molar-refractivity contribution in [2.45, 2.75) is 38.7 Å². The van der Waals surface area contributed by atoms with Gasteiger partial charge in [0.25, 0.3) is 0 Å². The lowest BCUT2D eigenvalue weighted by Crippen LogP contribution is -2.26. The largest absolute Gasteiger partial charge is 0.489 e. The highest BCUT2D eigenvalue weighted by Gasteiger charge is 2.38. The number of methoxy groups -OCH3 is 1. The number of rotatable bonds is 5. The number of Topliss-reactive ketones (excluding diaryl/α,β-unsaturated/α-hetero) is 1. The zero-order chi connectivity index (χ0) is 22.9. The third-order valence-electron chi connectivity index (χ3n) is 6.20. The Morgan fingerprint density at radius 2 is 1.88 bits per heavy atom. The van der Waals surface area contributed by atoms with Crippen molar-refractivity contribution in [3.63, 3.8) is 0 Å². The topological polar surface area (TPSA) is 90.7 Å². The Balaban J connectivity index is 1.36. The monoisotopic (exact) mass is 444 g/mol. The number of carbonyl (C=O) groups excluding carboxylic acids is 2. The number of aryl methyl sites for hydroxylation is 1. The highest BCUT2D eigenvalue weighted by atomic mass is 16.5. The van der Waals surface area contributed by atoms with Crippen molar-refractivity contribution >= 4 is 17.6 Å². The van der Waals surface area contributed by atoms with Gasteiger partial charge in [0.05, 0.1) is 23.9 Å². The Labute approximate surface area is 191 Å². The molecule has 1 N–H and O–H groups in total. The van der Waals surface area contributed by atoms with Gasteiger partial charge in [0, 0.05) is 23.6 Å². The highest BCUT2D eigenvalue weighted by molar-refractivity contribution is 6.01. The van der Waals surface area contributed by atoms with Gasteiger partial charge in [0.15, 0.2) is 5.78 Å². The lowest BCUT2D eigenvalue weighted by Gasteiger charge is -2.31. The van der Waals surface area contributed by atoms with Crippen LogP contribution in [0.5, 0.6) is 5.75 Å². The molecule has 7 nitrogen and oxygen atoms in total. The number of hydrogen-bond donors (Lipinski definition) is 1. The summed E-state index contributed by atoms with van der Waals surface area (Å²) >= 11 is 0. The van der Waals surface area contributed by atoms with Gasteiger partial charge in [-0.15, -0.1) is 0 Å². The van der Waals surface area contributed by atoms with E-state index in [1.54, 1.807) is 12.1 Å². The summed E-state index contributed by atoms with van der Waals surface area (Å²) in [5.41, 5.74) is 5.91. The number of allylic oxidation sites excluding steroid dienone is 2. The molecular weight excluding hydrogens is 420 g/mol. The van der Waals surface area contributed by atoms with Crippen LogP contribution in [0, 0.1) is 6.92 Å². The molecule has 168 valence electrons. The number of ether oxygens (including phenoxy) is 2. The molecule has 1 atom stereocenters. The summed E-state index contributed by atoms with van der Waals surface area (Å²) in [5, 5.41) is 7.42. The predicted octanol–water partition coefficient (Wildman–Crippen LogP) is 4.91. The maximum atomic E-state index is 12.9. The van der Waals surface area contributed by atoms with Crippen molar-refractivity contribution in [2.24, 2.45) is 0 Å². The molecule has 1 aliphatic heterocycles. The summed E-state index contributed by atoms with van der Waals surface area (Å²) in [6.07, 6.45) is 2.23. The number of ketones is 1. The normalized spacial score (nSPS) is 17.2. The maximum Gasteiger partial charge on any atom is 0.337 e. The van der Waals surface area contributed by atoms with Crippen LogP contribution in [-0.4, -0.2) is 24.0 Å². The number of aromatic nitrogens is 1. The van der Waals surface area contributed by atoms with Crippen LogP contribution >= 0.6 is 0 Å². The van der Waals surface area contributed by atoms with Gasteiger partial charge < -0.3 is 19.3 Å². The van der Waals surface area contributed by atoms with Gasteiger partial charge >= 0.3 is 5.97 Å². The van der Waals surface area contributed by atoms with E-state index in [2.05, 4.69) is 10.5 Å². The second-order valence-corrected chi connectivity index (χ2v) is 8.28. The molecule has 1 unspecified atom stereocenters. The van der Waals surface area contributed by atoms with Crippen LogP contribution < -0.4 is 10.1 Å². The molecule has 7 heteroatoms. The SMILES string of the molecule is COC(=O)c1ccc(COc2ccc(C3C4=C(CCCC4=O)Nc4onc(C)c43)cc2)cc1.